The number of carboxylic acids is 1. The molecule has 1 atom stereocenters. The lowest BCUT2D eigenvalue weighted by Gasteiger charge is -2.23. The molecule has 1 aromatic carbocycles. The molecule has 0 aliphatic heterocycles. The molecule has 0 heterocycles. The van der Waals surface area contributed by atoms with Gasteiger partial charge in [-0.2, -0.15) is 0 Å². The van der Waals surface area contributed by atoms with Gasteiger partial charge >= 0.3 is 23.9 Å². The number of ether oxygens (including phenoxy) is 3. The molecule has 0 saturated heterocycles. The van der Waals surface area contributed by atoms with E-state index in [0.29, 0.717) is 18.4 Å². The minimum absolute atomic E-state index is 0.161. The summed E-state index contributed by atoms with van der Waals surface area (Å²) < 4.78 is 14.3. The molecular formula is C32H52O9. The maximum Gasteiger partial charge on any atom is 0.337 e. The Hall–Kier alpha value is -3.20. The van der Waals surface area contributed by atoms with Gasteiger partial charge in [-0.1, -0.05) is 53.3 Å². The monoisotopic (exact) mass is 580 g/mol. The number of methoxy groups -OCH3 is 1. The average molecular weight is 581 g/mol. The van der Waals surface area contributed by atoms with Crippen molar-refractivity contribution in [3.05, 3.63) is 47.5 Å². The van der Waals surface area contributed by atoms with Crippen LogP contribution in [-0.4, -0.2) is 60.5 Å². The Morgan fingerprint density at radius 3 is 1.63 bits per heavy atom. The Morgan fingerprint density at radius 2 is 1.29 bits per heavy atom. The van der Waals surface area contributed by atoms with Gasteiger partial charge in [0.15, 0.2) is 0 Å². The zero-order chi connectivity index (χ0) is 32.6. The van der Waals surface area contributed by atoms with Crippen LogP contribution in [0.25, 0.3) is 0 Å². The second-order valence-electron chi connectivity index (χ2n) is 11.7. The molecule has 0 bridgehead atoms. The molecule has 234 valence electrons. The quantitative estimate of drug-likeness (QED) is 0.170. The van der Waals surface area contributed by atoms with Gasteiger partial charge < -0.3 is 24.4 Å². The van der Waals surface area contributed by atoms with Gasteiger partial charge in [-0.15, -0.1) is 0 Å². The van der Waals surface area contributed by atoms with Crippen molar-refractivity contribution >= 4 is 23.9 Å². The molecular weight excluding hydrogens is 528 g/mol. The predicted octanol–water partition coefficient (Wildman–Crippen LogP) is 6.11. The summed E-state index contributed by atoms with van der Waals surface area (Å²) in [4.78, 5) is 44.1. The number of hydrogen-bond donors (Lipinski definition) is 2. The molecule has 0 amide bonds. The summed E-state index contributed by atoms with van der Waals surface area (Å²) in [7, 11) is 1.40. The van der Waals surface area contributed by atoms with Crippen LogP contribution >= 0.6 is 0 Å². The highest BCUT2D eigenvalue weighted by atomic mass is 16.6. The summed E-state index contributed by atoms with van der Waals surface area (Å²) in [6, 6.07) is 7.63. The Kier molecular flexibility index (Phi) is 17.8. The van der Waals surface area contributed by atoms with E-state index >= 15 is 0 Å². The fourth-order valence-corrected chi connectivity index (χ4v) is 2.39. The fraction of sp³-hybridized carbons (Fsp3) is 0.625. The summed E-state index contributed by atoms with van der Waals surface area (Å²) >= 11 is 0. The minimum Gasteiger partial charge on any atom is -0.481 e. The van der Waals surface area contributed by atoms with Crippen LogP contribution in [0.2, 0.25) is 0 Å². The number of carboxylic acid groups (broad SMARTS) is 1. The third-order valence-corrected chi connectivity index (χ3v) is 7.03. The SMILES string of the molecule is C=C(C)C(=O)OCC(O)COC(=O)C(C)(C)CC.CCC(C)(C)C(=O)O.CCC(C)(C)c1ccc(C(=O)OC)cc1. The Balaban J connectivity index is 0. The summed E-state index contributed by atoms with van der Waals surface area (Å²) in [5.74, 6) is -1.96. The molecule has 0 radical (unpaired) electrons. The van der Waals surface area contributed by atoms with Gasteiger partial charge in [0.1, 0.15) is 19.3 Å². The van der Waals surface area contributed by atoms with Crippen LogP contribution in [0.4, 0.5) is 0 Å². The van der Waals surface area contributed by atoms with Gasteiger partial charge in [0, 0.05) is 5.57 Å². The van der Waals surface area contributed by atoms with Gasteiger partial charge in [-0.05, 0) is 77.0 Å². The van der Waals surface area contributed by atoms with E-state index in [2.05, 4.69) is 32.1 Å². The fourth-order valence-electron chi connectivity index (χ4n) is 2.39. The molecule has 0 fully saturated rings. The minimum atomic E-state index is -1.02. The molecule has 2 N–H and O–H groups in total. The van der Waals surface area contributed by atoms with Crippen LogP contribution in [-0.2, 0) is 34.0 Å². The van der Waals surface area contributed by atoms with Crippen molar-refractivity contribution in [2.45, 2.75) is 100 Å². The smallest absolute Gasteiger partial charge is 0.337 e. The molecule has 1 aromatic rings. The Labute approximate surface area is 246 Å². The van der Waals surface area contributed by atoms with Crippen molar-refractivity contribution < 1.29 is 43.6 Å². The van der Waals surface area contributed by atoms with Gasteiger partial charge in [-0.3, -0.25) is 9.59 Å². The summed E-state index contributed by atoms with van der Waals surface area (Å²) in [6.07, 6.45) is 1.38. The van der Waals surface area contributed by atoms with Crippen molar-refractivity contribution in [1.82, 2.24) is 0 Å². The largest absolute Gasteiger partial charge is 0.481 e. The number of carbonyl (C=O) groups excluding carboxylic acids is 3. The molecule has 0 aliphatic rings. The highest BCUT2D eigenvalue weighted by Gasteiger charge is 2.28. The summed E-state index contributed by atoms with van der Waals surface area (Å²) in [6.45, 7) is 21.8. The lowest BCUT2D eigenvalue weighted by atomic mass is 9.82. The van der Waals surface area contributed by atoms with Crippen LogP contribution in [0.15, 0.2) is 36.4 Å². The second-order valence-corrected chi connectivity index (χ2v) is 11.7. The lowest BCUT2D eigenvalue weighted by molar-refractivity contribution is -0.159. The number of hydrogen-bond acceptors (Lipinski definition) is 8. The van der Waals surface area contributed by atoms with Crippen LogP contribution in [0.3, 0.4) is 0 Å². The van der Waals surface area contributed by atoms with E-state index in [1.54, 1.807) is 27.7 Å². The van der Waals surface area contributed by atoms with E-state index in [1.807, 2.05) is 38.1 Å². The first kappa shape index (κ1) is 39.9. The number of benzene rings is 1. The molecule has 0 spiro atoms. The standard InChI is InChI=1S/C13H22O5.C13H18O2.C6H12O2/c1-6-13(4,5)12(16)18-8-10(14)7-17-11(15)9(2)3;1-5-13(2,3)11-8-6-10(7-9-11)12(14)15-4;1-4-6(2,3)5(7)8/h10,14H,2,6-8H2,1,3-5H3;6-9H,5H2,1-4H3;4H2,1-3H3,(H,7,8). The normalized spacial score (nSPS) is 11.9. The third kappa shape index (κ3) is 15.4. The van der Waals surface area contributed by atoms with Crippen molar-refractivity contribution in [3.63, 3.8) is 0 Å². The van der Waals surface area contributed by atoms with Crippen LogP contribution in [0.1, 0.15) is 104 Å². The third-order valence-electron chi connectivity index (χ3n) is 7.03. The van der Waals surface area contributed by atoms with Crippen molar-refractivity contribution in [3.8, 4) is 0 Å². The highest BCUT2D eigenvalue weighted by molar-refractivity contribution is 5.89. The average Bonchev–Trinajstić information content (AvgIpc) is 2.94. The van der Waals surface area contributed by atoms with E-state index in [1.165, 1.54) is 19.6 Å². The van der Waals surface area contributed by atoms with Gasteiger partial charge in [0.05, 0.1) is 23.5 Å². The zero-order valence-electron chi connectivity index (χ0n) is 26.9. The summed E-state index contributed by atoms with van der Waals surface area (Å²) in [5, 5.41) is 17.9. The Morgan fingerprint density at radius 1 is 0.829 bits per heavy atom. The highest BCUT2D eigenvalue weighted by Crippen LogP contribution is 2.26. The first-order chi connectivity index (χ1) is 18.7. The molecule has 41 heavy (non-hydrogen) atoms. The second kappa shape index (κ2) is 18.3. The zero-order valence-corrected chi connectivity index (χ0v) is 26.9. The molecule has 0 aliphatic carbocycles. The van der Waals surface area contributed by atoms with Gasteiger partial charge in [0.25, 0.3) is 0 Å². The van der Waals surface area contributed by atoms with Gasteiger partial charge in [0.2, 0.25) is 0 Å². The topological polar surface area (TPSA) is 136 Å². The lowest BCUT2D eigenvalue weighted by Crippen LogP contribution is -2.31. The van der Waals surface area contributed by atoms with E-state index in [4.69, 9.17) is 14.6 Å². The first-order valence-electron chi connectivity index (χ1n) is 13.8. The predicted molar refractivity (Wildman–Crippen MR) is 160 cm³/mol. The van der Waals surface area contributed by atoms with Crippen LogP contribution in [0.5, 0.6) is 0 Å². The summed E-state index contributed by atoms with van der Waals surface area (Å²) in [5.41, 5.74) is 1.15. The Bertz CT molecular complexity index is 989. The number of esters is 3. The maximum absolute atomic E-state index is 11.6. The maximum atomic E-state index is 11.6. The van der Waals surface area contributed by atoms with Gasteiger partial charge in [-0.25, -0.2) is 9.59 Å². The van der Waals surface area contributed by atoms with E-state index < -0.39 is 28.9 Å². The van der Waals surface area contributed by atoms with Crippen molar-refractivity contribution in [2.75, 3.05) is 20.3 Å². The molecule has 1 unspecified atom stereocenters. The van der Waals surface area contributed by atoms with Crippen molar-refractivity contribution in [2.24, 2.45) is 10.8 Å². The first-order valence-corrected chi connectivity index (χ1v) is 13.8. The number of carbonyl (C=O) groups is 4. The van der Waals surface area contributed by atoms with Crippen molar-refractivity contribution in [1.29, 1.82) is 0 Å². The molecule has 9 nitrogen and oxygen atoms in total. The van der Waals surface area contributed by atoms with E-state index in [-0.39, 0.29) is 36.1 Å². The number of rotatable bonds is 12. The van der Waals surface area contributed by atoms with E-state index in [0.717, 1.165) is 6.42 Å². The van der Waals surface area contributed by atoms with Crippen LogP contribution in [0, 0.1) is 10.8 Å². The number of aliphatic carboxylic acids is 1. The number of aliphatic hydroxyl groups is 1. The molecule has 1 rings (SSSR count). The molecule has 0 saturated carbocycles. The molecule has 0 aromatic heterocycles. The van der Waals surface area contributed by atoms with E-state index in [9.17, 15) is 24.3 Å². The number of aliphatic hydroxyl groups excluding tert-OH is 1. The van der Waals surface area contributed by atoms with Crippen LogP contribution < -0.4 is 0 Å². The molecule has 9 heteroatoms.